The second kappa shape index (κ2) is 4.22. The molecule has 4 heteroatoms. The Labute approximate surface area is 103 Å². The van der Waals surface area contributed by atoms with Crippen LogP contribution >= 0.6 is 22.6 Å². The monoisotopic (exact) mass is 313 g/mol. The number of benzene rings is 1. The Bertz CT molecular complexity index is 476. The Morgan fingerprint density at radius 2 is 2.07 bits per heavy atom. The van der Waals surface area contributed by atoms with Gasteiger partial charge < -0.3 is 9.88 Å². The summed E-state index contributed by atoms with van der Waals surface area (Å²) < 4.78 is 3.18. The first-order chi connectivity index (χ1) is 7.16. The average Bonchev–Trinajstić information content (AvgIpc) is 2.49. The number of halogens is 1. The van der Waals surface area contributed by atoms with Gasteiger partial charge in [-0.05, 0) is 41.6 Å². The van der Waals surface area contributed by atoms with Gasteiger partial charge in [-0.1, -0.05) is 12.1 Å². The number of para-hydroxylation sites is 1. The van der Waals surface area contributed by atoms with Crippen LogP contribution in [0.5, 0.6) is 0 Å². The molecule has 0 unspecified atom stereocenters. The van der Waals surface area contributed by atoms with Crippen LogP contribution in [-0.2, 0) is 7.05 Å². The number of aryl methyl sites for hydroxylation is 2. The highest BCUT2D eigenvalue weighted by atomic mass is 127. The zero-order valence-electron chi connectivity index (χ0n) is 8.66. The van der Waals surface area contributed by atoms with Crippen molar-refractivity contribution >= 4 is 34.2 Å². The Balaban J connectivity index is 2.29. The van der Waals surface area contributed by atoms with Crippen LogP contribution in [0, 0.1) is 10.5 Å². The first-order valence-corrected chi connectivity index (χ1v) is 5.76. The molecule has 0 saturated heterocycles. The average molecular weight is 313 g/mol. The fourth-order valence-electron chi connectivity index (χ4n) is 1.42. The Morgan fingerprint density at radius 1 is 1.33 bits per heavy atom. The molecule has 0 saturated carbocycles. The molecule has 0 fully saturated rings. The first kappa shape index (κ1) is 10.5. The number of hydrogen-bond acceptors (Lipinski definition) is 2. The normalized spacial score (nSPS) is 10.3. The van der Waals surface area contributed by atoms with E-state index >= 15 is 0 Å². The molecule has 0 radical (unpaired) electrons. The van der Waals surface area contributed by atoms with Crippen LogP contribution < -0.4 is 5.32 Å². The largest absolute Gasteiger partial charge is 0.325 e. The standard InChI is InChI=1S/C11H12IN3/c1-8-7-15(2)11(13-8)14-10-6-4-3-5-9(10)12/h3-7H,1-2H3,(H,13,14). The summed E-state index contributed by atoms with van der Waals surface area (Å²) in [6, 6.07) is 8.15. The smallest absolute Gasteiger partial charge is 0.207 e. The lowest BCUT2D eigenvalue weighted by Crippen LogP contribution is -1.99. The van der Waals surface area contributed by atoms with Crippen molar-refractivity contribution in [1.82, 2.24) is 9.55 Å². The van der Waals surface area contributed by atoms with E-state index < -0.39 is 0 Å². The molecule has 0 bridgehead atoms. The molecule has 1 N–H and O–H groups in total. The van der Waals surface area contributed by atoms with E-state index in [1.807, 2.05) is 42.9 Å². The van der Waals surface area contributed by atoms with Crippen molar-refractivity contribution in [2.75, 3.05) is 5.32 Å². The predicted molar refractivity (Wildman–Crippen MR) is 70.4 cm³/mol. The number of nitrogens with zero attached hydrogens (tertiary/aromatic N) is 2. The molecular weight excluding hydrogens is 301 g/mol. The highest BCUT2D eigenvalue weighted by Gasteiger charge is 2.04. The summed E-state index contributed by atoms with van der Waals surface area (Å²) in [5.74, 6) is 0.872. The fourth-order valence-corrected chi connectivity index (χ4v) is 1.94. The number of imidazole rings is 1. The molecule has 2 rings (SSSR count). The minimum atomic E-state index is 0.872. The molecule has 0 aliphatic rings. The quantitative estimate of drug-likeness (QED) is 0.864. The van der Waals surface area contributed by atoms with E-state index in [-0.39, 0.29) is 0 Å². The second-order valence-corrected chi connectivity index (χ2v) is 4.58. The van der Waals surface area contributed by atoms with E-state index in [1.54, 1.807) is 0 Å². The van der Waals surface area contributed by atoms with Crippen LogP contribution in [-0.4, -0.2) is 9.55 Å². The molecule has 2 aromatic rings. The lowest BCUT2D eigenvalue weighted by atomic mass is 10.3. The van der Waals surface area contributed by atoms with E-state index in [1.165, 1.54) is 3.57 Å². The maximum absolute atomic E-state index is 4.40. The molecule has 0 amide bonds. The number of aromatic nitrogens is 2. The summed E-state index contributed by atoms with van der Waals surface area (Å²) in [7, 11) is 1.98. The molecule has 0 aliphatic heterocycles. The summed E-state index contributed by atoms with van der Waals surface area (Å²) in [6.07, 6.45) is 2.00. The van der Waals surface area contributed by atoms with Gasteiger partial charge in [0.1, 0.15) is 0 Å². The molecule has 1 aromatic carbocycles. The fraction of sp³-hybridized carbons (Fsp3) is 0.182. The lowest BCUT2D eigenvalue weighted by molar-refractivity contribution is 0.923. The van der Waals surface area contributed by atoms with Crippen molar-refractivity contribution in [2.45, 2.75) is 6.92 Å². The van der Waals surface area contributed by atoms with Gasteiger partial charge in [-0.15, -0.1) is 0 Å². The second-order valence-electron chi connectivity index (χ2n) is 3.42. The van der Waals surface area contributed by atoms with Gasteiger partial charge in [0, 0.05) is 16.8 Å². The molecule has 1 heterocycles. The third-order valence-electron chi connectivity index (χ3n) is 2.12. The van der Waals surface area contributed by atoms with Gasteiger partial charge >= 0.3 is 0 Å². The van der Waals surface area contributed by atoms with Crippen molar-refractivity contribution in [3.05, 3.63) is 39.7 Å². The van der Waals surface area contributed by atoms with E-state index in [9.17, 15) is 0 Å². The van der Waals surface area contributed by atoms with Gasteiger partial charge in [0.15, 0.2) is 0 Å². The number of hydrogen-bond donors (Lipinski definition) is 1. The van der Waals surface area contributed by atoms with Crippen molar-refractivity contribution in [1.29, 1.82) is 0 Å². The molecule has 3 nitrogen and oxygen atoms in total. The predicted octanol–water partition coefficient (Wildman–Crippen LogP) is 3.08. The van der Waals surface area contributed by atoms with E-state index in [2.05, 4.69) is 39.0 Å². The minimum absolute atomic E-state index is 0.872. The van der Waals surface area contributed by atoms with Crippen LogP contribution in [0.25, 0.3) is 0 Å². The minimum Gasteiger partial charge on any atom is -0.325 e. The summed E-state index contributed by atoms with van der Waals surface area (Å²) in [4.78, 5) is 4.40. The van der Waals surface area contributed by atoms with Crippen molar-refractivity contribution in [2.24, 2.45) is 7.05 Å². The van der Waals surface area contributed by atoms with Gasteiger partial charge in [-0.3, -0.25) is 0 Å². The van der Waals surface area contributed by atoms with Crippen molar-refractivity contribution in [3.8, 4) is 0 Å². The summed E-state index contributed by atoms with van der Waals surface area (Å²) in [5.41, 5.74) is 2.11. The molecule has 78 valence electrons. The Kier molecular flexibility index (Phi) is 2.95. The van der Waals surface area contributed by atoms with Gasteiger partial charge in [0.25, 0.3) is 0 Å². The van der Waals surface area contributed by atoms with Crippen LogP contribution in [0.3, 0.4) is 0 Å². The summed E-state index contributed by atoms with van der Waals surface area (Å²) in [6.45, 7) is 1.99. The van der Waals surface area contributed by atoms with Gasteiger partial charge in [-0.25, -0.2) is 4.98 Å². The molecular formula is C11H12IN3. The van der Waals surface area contributed by atoms with Crippen LogP contribution in [0.4, 0.5) is 11.6 Å². The molecule has 0 spiro atoms. The van der Waals surface area contributed by atoms with Crippen molar-refractivity contribution in [3.63, 3.8) is 0 Å². The highest BCUT2D eigenvalue weighted by Crippen LogP contribution is 2.21. The zero-order valence-corrected chi connectivity index (χ0v) is 10.8. The zero-order chi connectivity index (χ0) is 10.8. The Hall–Kier alpha value is -1.04. The molecule has 0 aliphatic carbocycles. The first-order valence-electron chi connectivity index (χ1n) is 4.68. The highest BCUT2D eigenvalue weighted by molar-refractivity contribution is 14.1. The SMILES string of the molecule is Cc1cn(C)c(Nc2ccccc2I)n1. The number of rotatable bonds is 2. The number of anilines is 2. The van der Waals surface area contributed by atoms with E-state index in [0.717, 1.165) is 17.3 Å². The third kappa shape index (κ3) is 2.31. The van der Waals surface area contributed by atoms with E-state index in [0.29, 0.717) is 0 Å². The van der Waals surface area contributed by atoms with Crippen LogP contribution in [0.1, 0.15) is 5.69 Å². The third-order valence-corrected chi connectivity index (χ3v) is 3.06. The van der Waals surface area contributed by atoms with Gasteiger partial charge in [0.05, 0.1) is 11.4 Å². The summed E-state index contributed by atoms with van der Waals surface area (Å²) >= 11 is 2.31. The summed E-state index contributed by atoms with van der Waals surface area (Å²) in [5, 5.41) is 3.31. The molecule has 15 heavy (non-hydrogen) atoms. The Morgan fingerprint density at radius 3 is 2.67 bits per heavy atom. The lowest BCUT2D eigenvalue weighted by Gasteiger charge is -2.07. The molecule has 0 atom stereocenters. The van der Waals surface area contributed by atoms with Crippen molar-refractivity contribution < 1.29 is 0 Å². The maximum Gasteiger partial charge on any atom is 0.207 e. The topological polar surface area (TPSA) is 29.9 Å². The maximum atomic E-state index is 4.40. The van der Waals surface area contributed by atoms with E-state index in [4.69, 9.17) is 0 Å². The molecule has 1 aromatic heterocycles. The van der Waals surface area contributed by atoms with Crippen LogP contribution in [0.2, 0.25) is 0 Å². The number of nitrogens with one attached hydrogen (secondary N) is 1. The van der Waals surface area contributed by atoms with Crippen LogP contribution in [0.15, 0.2) is 30.5 Å². The van der Waals surface area contributed by atoms with Gasteiger partial charge in [0.2, 0.25) is 5.95 Å². The van der Waals surface area contributed by atoms with Gasteiger partial charge in [-0.2, -0.15) is 0 Å².